The third-order valence-electron chi connectivity index (χ3n) is 13.8. The molecule has 2 aromatic carbocycles. The van der Waals surface area contributed by atoms with E-state index in [1.165, 1.54) is 11.1 Å². The number of piperazine rings is 1. The number of nitrogens with zero attached hydrogens (tertiary/aromatic N) is 5. The summed E-state index contributed by atoms with van der Waals surface area (Å²) < 4.78 is 42.7. The maximum atomic E-state index is 15.0. The Hall–Kier alpha value is -3.72. The molecule has 4 aliphatic heterocycles. The SMILES string of the molecule is CC[C@H]1[C@@H](OC)/C=C/C[C@H](C)C[S@@](=O)(NC(=O)c2cc(CN3CCN4CCOC[C@@H]4C3)n(C)c2)=NC(=O)c2ccc3c(c2)N(C[C@@H]1C)C[C@@]1(CCCc2cc(Cl)ccc21)CO3. The van der Waals surface area contributed by atoms with Crippen LogP contribution in [-0.4, -0.2) is 114 Å². The molecule has 61 heavy (non-hydrogen) atoms. The van der Waals surface area contributed by atoms with Crippen molar-refractivity contribution >= 4 is 39.0 Å². The summed E-state index contributed by atoms with van der Waals surface area (Å²) in [4.78, 5) is 35.6. The van der Waals surface area contributed by atoms with Gasteiger partial charge in [0.05, 0.1) is 42.9 Å². The van der Waals surface area contributed by atoms with Crippen LogP contribution in [0.15, 0.2) is 65.2 Å². The van der Waals surface area contributed by atoms with Crippen molar-refractivity contribution in [1.29, 1.82) is 0 Å². The minimum absolute atomic E-state index is 0.000369. The predicted octanol–water partition coefficient (Wildman–Crippen LogP) is 6.89. The van der Waals surface area contributed by atoms with Gasteiger partial charge in [-0.2, -0.15) is 0 Å². The normalized spacial score (nSPS) is 30.7. The molecule has 0 unspecified atom stereocenters. The number of methoxy groups -OCH3 is 1. The lowest BCUT2D eigenvalue weighted by atomic mass is 9.70. The minimum Gasteiger partial charge on any atom is -0.490 e. The monoisotopic (exact) mass is 874 g/mol. The maximum Gasteiger partial charge on any atom is 0.286 e. The fourth-order valence-corrected chi connectivity index (χ4v) is 12.6. The molecule has 1 N–H and O–H groups in total. The lowest BCUT2D eigenvalue weighted by Gasteiger charge is -2.43. The summed E-state index contributed by atoms with van der Waals surface area (Å²) in [7, 11) is 0.104. The number of anilines is 1. The van der Waals surface area contributed by atoms with E-state index in [9.17, 15) is 13.8 Å². The number of benzene rings is 2. The highest BCUT2D eigenvalue weighted by molar-refractivity contribution is 7.92. The zero-order chi connectivity index (χ0) is 42.9. The van der Waals surface area contributed by atoms with Crippen LogP contribution in [0, 0.1) is 17.8 Å². The first-order chi connectivity index (χ1) is 29.4. The zero-order valence-electron chi connectivity index (χ0n) is 36.4. The number of halogens is 1. The van der Waals surface area contributed by atoms with Crippen LogP contribution in [-0.2, 0) is 44.8 Å². The molecule has 2 fully saturated rings. The number of nitrogens with one attached hydrogen (secondary N) is 1. The van der Waals surface area contributed by atoms with Crippen LogP contribution in [0.25, 0.3) is 0 Å². The molecule has 2 saturated heterocycles. The predicted molar refractivity (Wildman–Crippen MR) is 241 cm³/mol. The number of hydrogen-bond donors (Lipinski definition) is 1. The number of fused-ring (bicyclic) bond motifs is 4. The number of morpholine rings is 1. The van der Waals surface area contributed by atoms with Gasteiger partial charge in [0.25, 0.3) is 11.8 Å². The number of carbonyl (C=O) groups excluding carboxylic acids is 2. The van der Waals surface area contributed by atoms with Gasteiger partial charge < -0.3 is 23.7 Å². The second-order valence-electron chi connectivity index (χ2n) is 18.3. The number of aryl methyl sites for hydroxylation is 2. The number of aromatic nitrogens is 1. The van der Waals surface area contributed by atoms with Gasteiger partial charge in [-0.15, -0.1) is 4.36 Å². The third kappa shape index (κ3) is 9.62. The Morgan fingerprint density at radius 3 is 2.79 bits per heavy atom. The average Bonchev–Trinajstić information content (AvgIpc) is 3.53. The van der Waals surface area contributed by atoms with E-state index in [2.05, 4.69) is 61.9 Å². The zero-order valence-corrected chi connectivity index (χ0v) is 38.0. The van der Waals surface area contributed by atoms with Gasteiger partial charge in [0.1, 0.15) is 15.7 Å². The molecule has 8 rings (SSSR count). The highest BCUT2D eigenvalue weighted by Gasteiger charge is 2.43. The number of ether oxygens (including phenoxy) is 3. The maximum absolute atomic E-state index is 15.0. The second-order valence-corrected chi connectivity index (χ2v) is 20.7. The highest BCUT2D eigenvalue weighted by Crippen LogP contribution is 2.45. The summed E-state index contributed by atoms with van der Waals surface area (Å²) in [6, 6.07) is 13.9. The molecule has 12 nitrogen and oxygen atoms in total. The van der Waals surface area contributed by atoms with Crippen LogP contribution in [0.4, 0.5) is 5.69 Å². The van der Waals surface area contributed by atoms with Gasteiger partial charge in [-0.1, -0.05) is 57.0 Å². The lowest BCUT2D eigenvalue weighted by molar-refractivity contribution is -0.0464. The van der Waals surface area contributed by atoms with Crippen molar-refractivity contribution in [2.75, 3.05) is 76.9 Å². The third-order valence-corrected chi connectivity index (χ3v) is 16.0. The summed E-state index contributed by atoms with van der Waals surface area (Å²) >= 11 is 6.51. The van der Waals surface area contributed by atoms with Crippen molar-refractivity contribution in [1.82, 2.24) is 19.1 Å². The van der Waals surface area contributed by atoms with E-state index < -0.39 is 21.7 Å². The number of carbonyl (C=O) groups is 2. The second kappa shape index (κ2) is 18.6. The molecular formula is C47H63ClN6O6S. The van der Waals surface area contributed by atoms with Gasteiger partial charge in [0.2, 0.25) is 0 Å². The Balaban J connectivity index is 1.11. The largest absolute Gasteiger partial charge is 0.490 e. The smallest absolute Gasteiger partial charge is 0.286 e. The summed E-state index contributed by atoms with van der Waals surface area (Å²) in [6.07, 6.45) is 10.3. The molecule has 1 aromatic heterocycles. The Kier molecular flexibility index (Phi) is 13.4. The number of hydrogen-bond acceptors (Lipinski definition) is 9. The van der Waals surface area contributed by atoms with Gasteiger partial charge in [0, 0.05) is 93.9 Å². The van der Waals surface area contributed by atoms with E-state index in [-0.39, 0.29) is 35.0 Å². The quantitative estimate of drug-likeness (QED) is 0.264. The van der Waals surface area contributed by atoms with Crippen molar-refractivity contribution in [2.45, 2.75) is 77.0 Å². The van der Waals surface area contributed by atoms with E-state index >= 15 is 0 Å². The topological polar surface area (TPSA) is 118 Å². The van der Waals surface area contributed by atoms with E-state index in [1.54, 1.807) is 19.4 Å². The summed E-state index contributed by atoms with van der Waals surface area (Å²) in [5, 5.41) is 0.735. The van der Waals surface area contributed by atoms with Crippen LogP contribution in [0.2, 0.25) is 5.02 Å². The van der Waals surface area contributed by atoms with Crippen molar-refractivity contribution in [2.24, 2.45) is 29.2 Å². The van der Waals surface area contributed by atoms with Crippen molar-refractivity contribution in [3.63, 3.8) is 0 Å². The van der Waals surface area contributed by atoms with Crippen LogP contribution in [0.1, 0.15) is 84.0 Å². The Morgan fingerprint density at radius 1 is 1.11 bits per heavy atom. The highest BCUT2D eigenvalue weighted by atomic mass is 35.5. The number of rotatable bonds is 6. The fraction of sp³-hybridized carbons (Fsp3) is 0.574. The van der Waals surface area contributed by atoms with Gasteiger partial charge in [-0.25, -0.2) is 4.21 Å². The molecule has 5 aliphatic rings. The van der Waals surface area contributed by atoms with Gasteiger partial charge in [-0.05, 0) is 91.0 Å². The molecule has 2 bridgehead atoms. The van der Waals surface area contributed by atoms with E-state index in [0.717, 1.165) is 81.5 Å². The molecule has 330 valence electrons. The van der Waals surface area contributed by atoms with Crippen LogP contribution < -0.4 is 14.4 Å². The summed E-state index contributed by atoms with van der Waals surface area (Å²) in [5.74, 6) is -0.221. The van der Waals surface area contributed by atoms with Crippen LogP contribution in [0.5, 0.6) is 5.75 Å². The van der Waals surface area contributed by atoms with Gasteiger partial charge in [0.15, 0.2) is 0 Å². The van der Waals surface area contributed by atoms with Crippen LogP contribution >= 0.6 is 11.6 Å². The van der Waals surface area contributed by atoms with E-state index in [0.29, 0.717) is 55.6 Å². The Labute approximate surface area is 367 Å². The Bertz CT molecular complexity index is 2250. The number of amides is 2. The molecule has 3 aromatic rings. The Morgan fingerprint density at radius 2 is 1.97 bits per heavy atom. The molecular weight excluding hydrogens is 812 g/mol. The lowest BCUT2D eigenvalue weighted by Crippen LogP contribution is -2.57. The molecule has 2 amide bonds. The average molecular weight is 876 g/mol. The summed E-state index contributed by atoms with van der Waals surface area (Å²) in [6.45, 7) is 14.3. The van der Waals surface area contributed by atoms with Crippen molar-refractivity contribution < 1.29 is 28.0 Å². The molecule has 1 spiro atoms. The first-order valence-electron chi connectivity index (χ1n) is 22.2. The molecule has 5 heterocycles. The summed E-state index contributed by atoms with van der Waals surface area (Å²) in [5.41, 5.74) is 4.67. The van der Waals surface area contributed by atoms with Gasteiger partial charge in [-0.3, -0.25) is 24.1 Å². The fourth-order valence-electron chi connectivity index (χ4n) is 10.6. The number of allylic oxidation sites excluding steroid dienone is 1. The minimum atomic E-state index is -3.58. The molecule has 0 radical (unpaired) electrons. The van der Waals surface area contributed by atoms with Crippen molar-refractivity contribution in [3.8, 4) is 5.75 Å². The molecule has 0 saturated carbocycles. The molecule has 7 atom stereocenters. The van der Waals surface area contributed by atoms with Crippen molar-refractivity contribution in [3.05, 3.63) is 93.8 Å². The van der Waals surface area contributed by atoms with Crippen LogP contribution in [0.3, 0.4) is 0 Å². The molecule has 14 heteroatoms. The van der Waals surface area contributed by atoms with E-state index in [4.69, 9.17) is 25.8 Å². The first-order valence-corrected chi connectivity index (χ1v) is 24.2. The first kappa shape index (κ1) is 43.9. The molecule has 1 aliphatic carbocycles. The standard InChI is InChI=1S/C47H63ClN6O6S/c1-6-40-33(3)24-54-30-47(16-8-10-34-21-37(48)13-14-41(34)47)31-60-44-15-12-35(23-42(44)54)45(55)49-61(57,29-32(2)9-7-11-43(40)58-5)50-46(56)36-22-38(51(4)25-36)26-52-17-18-53-19-20-59-28-39(53)27-52/h7,11-15,21-23,25,32-33,39-40,43H,6,8-10,16-20,24,26-31H2,1-5H3,(H,49,50,55,56,57)/b11-7+/t32-,33-,39-,40+,43-,47-,61-/m0/s1. The van der Waals surface area contributed by atoms with E-state index in [1.807, 2.05) is 42.8 Å². The van der Waals surface area contributed by atoms with Gasteiger partial charge >= 0.3 is 0 Å².